The van der Waals surface area contributed by atoms with Gasteiger partial charge in [0, 0.05) is 13.1 Å². The maximum atomic E-state index is 12.5. The summed E-state index contributed by atoms with van der Waals surface area (Å²) in [6, 6.07) is 15.6. The molecule has 2 nitrogen and oxygen atoms in total. The van der Waals surface area contributed by atoms with Crippen molar-refractivity contribution < 1.29 is 13.2 Å². The van der Waals surface area contributed by atoms with Crippen molar-refractivity contribution in [3.8, 4) is 0 Å². The first kappa shape index (κ1) is 18.5. The Morgan fingerprint density at radius 2 is 1.58 bits per heavy atom. The second-order valence-corrected chi connectivity index (χ2v) is 5.95. The van der Waals surface area contributed by atoms with E-state index in [0.717, 1.165) is 43.8 Å². The number of rotatable bonds is 8. The number of nitrogens with one attached hydrogen (secondary N) is 1. The molecule has 0 aliphatic heterocycles. The van der Waals surface area contributed by atoms with Gasteiger partial charge in [-0.1, -0.05) is 42.5 Å². The quantitative estimate of drug-likeness (QED) is 0.723. The third-order valence-electron chi connectivity index (χ3n) is 3.80. The summed E-state index contributed by atoms with van der Waals surface area (Å²) in [5.74, 6) is 0. The van der Waals surface area contributed by atoms with Crippen LogP contribution < -0.4 is 5.32 Å². The van der Waals surface area contributed by atoms with Crippen molar-refractivity contribution in [3.05, 3.63) is 71.3 Å². The Balaban J connectivity index is 1.62. The van der Waals surface area contributed by atoms with Crippen LogP contribution in [-0.2, 0) is 19.3 Å². The molecule has 2 aromatic rings. The summed E-state index contributed by atoms with van der Waals surface area (Å²) >= 11 is 0. The van der Waals surface area contributed by atoms with Crippen LogP contribution in [0.2, 0.25) is 0 Å². The van der Waals surface area contributed by atoms with Crippen LogP contribution in [0, 0.1) is 0 Å². The molecule has 0 aliphatic carbocycles. The molecule has 1 N–H and O–H groups in total. The van der Waals surface area contributed by atoms with E-state index in [1.807, 2.05) is 18.2 Å². The summed E-state index contributed by atoms with van der Waals surface area (Å²) in [6.45, 7) is 3.30. The molecule has 0 fully saturated rings. The number of hydrogen-bond acceptors (Lipinski definition) is 2. The Kier molecular flexibility index (Phi) is 6.82. The number of hydrogen-bond donors (Lipinski definition) is 1. The minimum Gasteiger partial charge on any atom is -0.313 e. The summed E-state index contributed by atoms with van der Waals surface area (Å²) in [4.78, 5) is 2.26. The summed E-state index contributed by atoms with van der Waals surface area (Å²) in [7, 11) is 2.09. The molecular formula is C19H23F3N2. The largest absolute Gasteiger partial charge is 0.416 e. The molecule has 0 bridgehead atoms. The maximum absolute atomic E-state index is 12.5. The fourth-order valence-corrected chi connectivity index (χ4v) is 2.49. The van der Waals surface area contributed by atoms with E-state index in [1.165, 1.54) is 17.7 Å². The predicted molar refractivity (Wildman–Crippen MR) is 90.5 cm³/mol. The Hall–Kier alpha value is -1.85. The number of benzene rings is 2. The molecule has 0 radical (unpaired) electrons. The molecule has 0 aliphatic rings. The highest BCUT2D eigenvalue weighted by Gasteiger charge is 2.29. The average Bonchev–Trinajstić information content (AvgIpc) is 2.55. The molecule has 2 aromatic carbocycles. The van der Waals surface area contributed by atoms with E-state index < -0.39 is 11.7 Å². The van der Waals surface area contributed by atoms with Crippen molar-refractivity contribution in [1.82, 2.24) is 10.2 Å². The van der Waals surface area contributed by atoms with Crippen molar-refractivity contribution >= 4 is 0 Å². The first-order chi connectivity index (χ1) is 11.4. The summed E-state index contributed by atoms with van der Waals surface area (Å²) < 4.78 is 37.5. The van der Waals surface area contributed by atoms with Gasteiger partial charge in [0.1, 0.15) is 0 Å². The number of nitrogens with zero attached hydrogens (tertiary/aromatic N) is 1. The van der Waals surface area contributed by atoms with E-state index in [4.69, 9.17) is 0 Å². The first-order valence-electron chi connectivity index (χ1n) is 8.04. The van der Waals surface area contributed by atoms with E-state index in [9.17, 15) is 13.2 Å². The van der Waals surface area contributed by atoms with Crippen LogP contribution in [0.15, 0.2) is 54.6 Å². The smallest absolute Gasteiger partial charge is 0.313 e. The van der Waals surface area contributed by atoms with Gasteiger partial charge in [-0.05, 0) is 49.8 Å². The monoisotopic (exact) mass is 336 g/mol. The van der Waals surface area contributed by atoms with Crippen molar-refractivity contribution in [2.45, 2.75) is 25.7 Å². The minimum absolute atomic E-state index is 0.584. The Bertz CT molecular complexity index is 594. The van der Waals surface area contributed by atoms with Crippen LogP contribution in [-0.4, -0.2) is 25.0 Å². The van der Waals surface area contributed by atoms with Gasteiger partial charge in [0.15, 0.2) is 0 Å². The van der Waals surface area contributed by atoms with Crippen LogP contribution in [0.3, 0.4) is 0 Å². The third kappa shape index (κ3) is 6.34. The molecule has 0 atom stereocenters. The molecule has 2 rings (SSSR count). The van der Waals surface area contributed by atoms with E-state index in [-0.39, 0.29) is 0 Å². The molecule has 24 heavy (non-hydrogen) atoms. The third-order valence-corrected chi connectivity index (χ3v) is 3.80. The van der Waals surface area contributed by atoms with Crippen LogP contribution >= 0.6 is 0 Å². The molecule has 0 spiro atoms. The average molecular weight is 336 g/mol. The second kappa shape index (κ2) is 8.85. The lowest BCUT2D eigenvalue weighted by Gasteiger charge is -2.16. The fraction of sp³-hybridized carbons (Fsp3) is 0.368. The van der Waals surface area contributed by atoms with E-state index in [0.29, 0.717) is 6.54 Å². The van der Waals surface area contributed by atoms with Gasteiger partial charge in [-0.25, -0.2) is 0 Å². The zero-order valence-corrected chi connectivity index (χ0v) is 13.8. The molecule has 0 unspecified atom stereocenters. The van der Waals surface area contributed by atoms with Crippen LogP contribution in [0.25, 0.3) is 0 Å². The lowest BCUT2D eigenvalue weighted by atomic mass is 10.1. The van der Waals surface area contributed by atoms with Gasteiger partial charge in [0.2, 0.25) is 0 Å². The number of halogens is 3. The van der Waals surface area contributed by atoms with Gasteiger partial charge < -0.3 is 10.2 Å². The van der Waals surface area contributed by atoms with Crippen LogP contribution in [0.1, 0.15) is 23.1 Å². The van der Waals surface area contributed by atoms with Crippen molar-refractivity contribution in [2.24, 2.45) is 0 Å². The lowest BCUT2D eigenvalue weighted by Crippen LogP contribution is -2.23. The minimum atomic E-state index is -4.27. The molecule has 5 heteroatoms. The van der Waals surface area contributed by atoms with E-state index in [1.54, 1.807) is 0 Å². The van der Waals surface area contributed by atoms with E-state index >= 15 is 0 Å². The Morgan fingerprint density at radius 3 is 2.21 bits per heavy atom. The van der Waals surface area contributed by atoms with Gasteiger partial charge in [-0.15, -0.1) is 0 Å². The van der Waals surface area contributed by atoms with Crippen molar-refractivity contribution in [2.75, 3.05) is 20.1 Å². The van der Waals surface area contributed by atoms with Crippen molar-refractivity contribution in [1.29, 1.82) is 0 Å². The molecule has 0 saturated heterocycles. The Morgan fingerprint density at radius 1 is 0.917 bits per heavy atom. The molecule has 0 heterocycles. The highest BCUT2D eigenvalue weighted by molar-refractivity contribution is 5.24. The molecule has 0 amide bonds. The van der Waals surface area contributed by atoms with Crippen LogP contribution in [0.4, 0.5) is 13.2 Å². The van der Waals surface area contributed by atoms with Gasteiger partial charge in [0.05, 0.1) is 5.56 Å². The predicted octanol–water partition coefficient (Wildman–Crippen LogP) is 4.32. The van der Waals surface area contributed by atoms with E-state index in [2.05, 4.69) is 29.4 Å². The van der Waals surface area contributed by atoms with Crippen molar-refractivity contribution in [3.63, 3.8) is 0 Å². The topological polar surface area (TPSA) is 15.3 Å². The standard InChI is InChI=1S/C19H23F3N2/c1-24(15-17-6-3-2-4-7-17)13-5-12-23-14-16-8-10-18(11-9-16)19(20,21)22/h2-4,6-11,23H,5,12-15H2,1H3. The van der Waals surface area contributed by atoms with Gasteiger partial charge in [-0.2, -0.15) is 13.2 Å². The lowest BCUT2D eigenvalue weighted by molar-refractivity contribution is -0.137. The first-order valence-corrected chi connectivity index (χ1v) is 8.04. The molecule has 0 saturated carbocycles. The summed E-state index contributed by atoms with van der Waals surface area (Å²) in [5.41, 5.74) is 1.55. The van der Waals surface area contributed by atoms with Gasteiger partial charge >= 0.3 is 6.18 Å². The summed E-state index contributed by atoms with van der Waals surface area (Å²) in [5, 5.41) is 3.27. The van der Waals surface area contributed by atoms with Gasteiger partial charge in [0.25, 0.3) is 0 Å². The highest BCUT2D eigenvalue weighted by atomic mass is 19.4. The maximum Gasteiger partial charge on any atom is 0.416 e. The second-order valence-electron chi connectivity index (χ2n) is 5.95. The molecule has 130 valence electrons. The summed E-state index contributed by atoms with van der Waals surface area (Å²) in [6.07, 6.45) is -3.28. The number of alkyl halides is 3. The SMILES string of the molecule is CN(CCCNCc1ccc(C(F)(F)F)cc1)Cc1ccccc1. The normalized spacial score (nSPS) is 11.9. The molecule has 0 aromatic heterocycles. The highest BCUT2D eigenvalue weighted by Crippen LogP contribution is 2.28. The van der Waals surface area contributed by atoms with Gasteiger partial charge in [-0.3, -0.25) is 0 Å². The fourth-order valence-electron chi connectivity index (χ4n) is 2.49. The molecular weight excluding hydrogens is 313 g/mol. The van der Waals surface area contributed by atoms with Crippen LogP contribution in [0.5, 0.6) is 0 Å². The zero-order chi connectivity index (χ0) is 17.4. The Labute approximate surface area is 141 Å². The zero-order valence-electron chi connectivity index (χ0n) is 13.8.